The first-order chi connectivity index (χ1) is 18.5. The quantitative estimate of drug-likeness (QED) is 0.402. The van der Waals surface area contributed by atoms with Crippen molar-refractivity contribution in [1.82, 2.24) is 19.4 Å². The lowest BCUT2D eigenvalue weighted by Gasteiger charge is -2.40. The van der Waals surface area contributed by atoms with Gasteiger partial charge in [-0.25, -0.2) is 9.59 Å². The van der Waals surface area contributed by atoms with Gasteiger partial charge in [0.1, 0.15) is 0 Å². The molecule has 39 heavy (non-hydrogen) atoms. The van der Waals surface area contributed by atoms with Crippen molar-refractivity contribution in [3.05, 3.63) is 55.7 Å². The number of rotatable bonds is 6. The summed E-state index contributed by atoms with van der Waals surface area (Å²) >= 11 is 5.89. The molecule has 2 aliphatic heterocycles. The largest absolute Gasteiger partial charge is 0.493 e. The fourth-order valence-corrected chi connectivity index (χ4v) is 4.52. The second-order valence-corrected chi connectivity index (χ2v) is 9.16. The fourth-order valence-electron chi connectivity index (χ4n) is 4.40. The van der Waals surface area contributed by atoms with Crippen molar-refractivity contribution >= 4 is 34.9 Å². The number of Topliss-reactive ketones (excluding diaryl/α,β-unsaturated/α-hetero) is 1. The zero-order chi connectivity index (χ0) is 28.5. The molecule has 208 valence electrons. The van der Waals surface area contributed by atoms with Gasteiger partial charge in [0.15, 0.2) is 23.6 Å². The van der Waals surface area contributed by atoms with Gasteiger partial charge in [-0.1, -0.05) is 17.5 Å². The molecule has 2 aliphatic rings. The molecule has 1 unspecified atom stereocenters. The van der Waals surface area contributed by atoms with Crippen LogP contribution in [0.4, 0.5) is 24.7 Å². The molecule has 1 atom stereocenters. The van der Waals surface area contributed by atoms with Crippen LogP contribution in [-0.2, 0) is 23.2 Å². The number of anilines is 2. The number of piperazine rings is 1. The van der Waals surface area contributed by atoms with E-state index in [0.29, 0.717) is 36.3 Å². The maximum Gasteiger partial charge on any atom is 0.493 e. The number of hydroxylamine groups is 1. The van der Waals surface area contributed by atoms with E-state index >= 15 is 0 Å². The Morgan fingerprint density at radius 1 is 1.15 bits per heavy atom. The van der Waals surface area contributed by atoms with Gasteiger partial charge in [0.25, 0.3) is 5.56 Å². The van der Waals surface area contributed by atoms with Gasteiger partial charge in [-0.2, -0.15) is 13.2 Å². The van der Waals surface area contributed by atoms with Gasteiger partial charge in [0.05, 0.1) is 13.1 Å². The highest BCUT2D eigenvalue weighted by Crippen LogP contribution is 2.38. The summed E-state index contributed by atoms with van der Waals surface area (Å²) in [6.45, 7) is 2.27. The molecule has 0 bridgehead atoms. The zero-order valence-corrected chi connectivity index (χ0v) is 21.7. The average molecular weight is 569 g/mol. The molecular weight excluding hydrogens is 545 g/mol. The summed E-state index contributed by atoms with van der Waals surface area (Å²) in [5, 5.41) is 4.07. The fraction of sp³-hybridized carbons (Fsp3) is 0.417. The number of ketones is 1. The van der Waals surface area contributed by atoms with Crippen LogP contribution in [0, 0.1) is 11.8 Å². The molecule has 15 heteroatoms. The third-order valence-corrected chi connectivity index (χ3v) is 6.51. The Morgan fingerprint density at radius 3 is 2.38 bits per heavy atom. The summed E-state index contributed by atoms with van der Waals surface area (Å²) in [5.41, 5.74) is -1.91. The molecule has 1 aromatic heterocycles. The Bertz CT molecular complexity index is 1450. The van der Waals surface area contributed by atoms with E-state index in [1.807, 2.05) is 0 Å². The lowest BCUT2D eigenvalue weighted by atomic mass is 10.1. The summed E-state index contributed by atoms with van der Waals surface area (Å²) in [7, 11) is 1.18. The highest BCUT2D eigenvalue weighted by molar-refractivity contribution is 6.30. The van der Waals surface area contributed by atoms with E-state index in [0.717, 1.165) is 9.13 Å². The molecule has 4 rings (SSSR count). The van der Waals surface area contributed by atoms with Crippen molar-refractivity contribution in [2.24, 2.45) is 7.05 Å². The summed E-state index contributed by atoms with van der Waals surface area (Å²) < 4.78 is 41.7. The molecule has 0 radical (unpaired) electrons. The van der Waals surface area contributed by atoms with E-state index in [-0.39, 0.29) is 17.8 Å². The standard InChI is InChI=1S/C24H24ClF3N6O5/c1-3-4-11-32-18-19(34(39-21(37)24(26,27)28)22(32)31-12-9-29-10-13-31)33(23(38)30(2)20(18)36)14-17(35)15-5-7-16(25)8-6-15/h5-8,22,29H,9-14H2,1-2H3. The zero-order valence-electron chi connectivity index (χ0n) is 20.9. The van der Waals surface area contributed by atoms with Crippen LogP contribution in [-0.4, -0.2) is 71.0 Å². The third-order valence-electron chi connectivity index (χ3n) is 6.26. The van der Waals surface area contributed by atoms with Gasteiger partial charge in [-0.15, -0.1) is 11.0 Å². The van der Waals surface area contributed by atoms with Crippen molar-refractivity contribution in [2.45, 2.75) is 25.9 Å². The molecule has 0 saturated carbocycles. The van der Waals surface area contributed by atoms with Crippen molar-refractivity contribution in [3.8, 4) is 11.8 Å². The number of hydrogen-bond acceptors (Lipinski definition) is 9. The van der Waals surface area contributed by atoms with E-state index in [2.05, 4.69) is 17.2 Å². The molecule has 1 saturated heterocycles. The Balaban J connectivity index is 1.94. The maximum absolute atomic E-state index is 13.4. The van der Waals surface area contributed by atoms with Gasteiger partial charge in [0.2, 0.25) is 0 Å². The minimum Gasteiger partial charge on any atom is -0.327 e. The van der Waals surface area contributed by atoms with Crippen LogP contribution < -0.4 is 26.5 Å². The van der Waals surface area contributed by atoms with Crippen molar-refractivity contribution < 1.29 is 27.6 Å². The number of nitrogens with zero attached hydrogens (tertiary/aromatic N) is 5. The number of fused-ring (bicyclic) bond motifs is 1. The number of benzene rings is 1. The van der Waals surface area contributed by atoms with E-state index in [1.165, 1.54) is 36.2 Å². The second kappa shape index (κ2) is 11.1. The Kier molecular flexibility index (Phi) is 8.05. The van der Waals surface area contributed by atoms with Crippen LogP contribution in [0.1, 0.15) is 17.3 Å². The van der Waals surface area contributed by atoms with Gasteiger partial charge in [0, 0.05) is 43.8 Å². The number of carbonyl (C=O) groups excluding carboxylic acids is 2. The summed E-state index contributed by atoms with van der Waals surface area (Å²) in [6, 6.07) is 5.77. The predicted molar refractivity (Wildman–Crippen MR) is 135 cm³/mol. The van der Waals surface area contributed by atoms with Crippen molar-refractivity contribution in [2.75, 3.05) is 42.7 Å². The van der Waals surface area contributed by atoms with E-state index in [1.54, 1.807) is 11.8 Å². The SMILES string of the molecule is CC#CCN1c2c(n(CC(=O)c3ccc(Cl)cc3)c(=O)n(C)c2=O)N(OC(=O)C(F)(F)F)C1N1CCNCC1. The van der Waals surface area contributed by atoms with E-state index < -0.39 is 47.8 Å². The van der Waals surface area contributed by atoms with Crippen LogP contribution in [0.3, 0.4) is 0 Å². The van der Waals surface area contributed by atoms with Crippen LogP contribution in [0.5, 0.6) is 0 Å². The van der Waals surface area contributed by atoms with Crippen LogP contribution >= 0.6 is 11.6 Å². The number of halogens is 4. The number of alkyl halides is 3. The van der Waals surface area contributed by atoms with Crippen molar-refractivity contribution in [3.63, 3.8) is 0 Å². The minimum absolute atomic E-state index is 0.142. The molecule has 0 aliphatic carbocycles. The molecular formula is C24H24ClF3N6O5. The van der Waals surface area contributed by atoms with Gasteiger partial charge < -0.3 is 15.1 Å². The smallest absolute Gasteiger partial charge is 0.327 e. The summed E-state index contributed by atoms with van der Waals surface area (Å²) in [4.78, 5) is 59.8. The van der Waals surface area contributed by atoms with Crippen LogP contribution in [0.2, 0.25) is 5.02 Å². The first-order valence-corrected chi connectivity index (χ1v) is 12.2. The number of carbonyl (C=O) groups is 2. The molecule has 3 heterocycles. The maximum atomic E-state index is 13.4. The highest BCUT2D eigenvalue weighted by Gasteiger charge is 2.51. The molecule has 0 spiro atoms. The minimum atomic E-state index is -5.38. The van der Waals surface area contributed by atoms with Gasteiger partial charge in [-0.05, 0) is 31.2 Å². The third kappa shape index (κ3) is 5.51. The summed E-state index contributed by atoms with van der Waals surface area (Å²) in [5.74, 6) is 1.86. The number of nitrogens with one attached hydrogen (secondary N) is 1. The van der Waals surface area contributed by atoms with Crippen LogP contribution in [0.15, 0.2) is 33.9 Å². The molecule has 1 fully saturated rings. The highest BCUT2D eigenvalue weighted by atomic mass is 35.5. The Morgan fingerprint density at radius 2 is 1.79 bits per heavy atom. The average Bonchev–Trinajstić information content (AvgIpc) is 3.22. The van der Waals surface area contributed by atoms with E-state index in [9.17, 15) is 32.3 Å². The molecule has 0 amide bonds. The first kappa shape index (κ1) is 28.2. The molecule has 1 N–H and O–H groups in total. The monoisotopic (exact) mass is 568 g/mol. The number of hydrogen-bond donors (Lipinski definition) is 1. The summed E-state index contributed by atoms with van der Waals surface area (Å²) in [6.07, 6.45) is -6.63. The molecule has 1 aromatic carbocycles. The second-order valence-electron chi connectivity index (χ2n) is 8.72. The topological polar surface area (TPSA) is 109 Å². The molecule has 2 aromatic rings. The normalized spacial score (nSPS) is 17.4. The van der Waals surface area contributed by atoms with E-state index in [4.69, 9.17) is 16.4 Å². The number of aromatic nitrogens is 2. The van der Waals surface area contributed by atoms with Gasteiger partial charge >= 0.3 is 17.8 Å². The predicted octanol–water partition coefficient (Wildman–Crippen LogP) is 0.942. The first-order valence-electron chi connectivity index (χ1n) is 11.8. The van der Waals surface area contributed by atoms with Crippen molar-refractivity contribution in [1.29, 1.82) is 0 Å². The lowest BCUT2D eigenvalue weighted by molar-refractivity contribution is -0.203. The lowest BCUT2D eigenvalue weighted by Crippen LogP contribution is -2.61. The molecule has 11 nitrogen and oxygen atoms in total. The Labute approximate surface area is 225 Å². The van der Waals surface area contributed by atoms with Gasteiger partial charge in [-0.3, -0.25) is 23.6 Å². The Hall–Kier alpha value is -3.80. The van der Waals surface area contributed by atoms with Crippen LogP contribution in [0.25, 0.3) is 0 Å².